The third-order valence-electron chi connectivity index (χ3n) is 2.82. The lowest BCUT2D eigenvalue weighted by Gasteiger charge is -2.09. The summed E-state index contributed by atoms with van der Waals surface area (Å²) in [5.74, 6) is -0.327. The molecule has 21 heavy (non-hydrogen) atoms. The van der Waals surface area contributed by atoms with Gasteiger partial charge in [-0.3, -0.25) is 14.6 Å². The monoisotopic (exact) mass is 296 g/mol. The van der Waals surface area contributed by atoms with Gasteiger partial charge in [-0.2, -0.15) is 4.98 Å². The summed E-state index contributed by atoms with van der Waals surface area (Å²) in [6.45, 7) is -0.184. The normalized spacial score (nSPS) is 12.5. The van der Waals surface area contributed by atoms with Crippen molar-refractivity contribution in [3.05, 3.63) is 16.7 Å². The Kier molecular flexibility index (Phi) is 4.50. The van der Waals surface area contributed by atoms with Crippen LogP contribution in [0.4, 0.5) is 5.95 Å². The maximum atomic E-state index is 11.6. The van der Waals surface area contributed by atoms with Gasteiger partial charge in [-0.25, -0.2) is 4.98 Å². The van der Waals surface area contributed by atoms with Gasteiger partial charge in [-0.05, 0) is 0 Å². The number of aliphatic hydroxyl groups is 2. The highest BCUT2D eigenvalue weighted by Crippen LogP contribution is 2.06. The smallest absolute Gasteiger partial charge is 0.280 e. The van der Waals surface area contributed by atoms with Gasteiger partial charge in [0.25, 0.3) is 5.56 Å². The number of aromatic nitrogens is 4. The highest BCUT2D eigenvalue weighted by Gasteiger charge is 2.11. The summed E-state index contributed by atoms with van der Waals surface area (Å²) in [5, 5.41) is 20.2. The van der Waals surface area contributed by atoms with Gasteiger partial charge in [-0.15, -0.1) is 0 Å². The Bertz CT molecular complexity index is 694. The number of anilines is 1. The first-order valence-electron chi connectivity index (χ1n) is 6.27. The third-order valence-corrected chi connectivity index (χ3v) is 2.82. The molecule has 2 aromatic rings. The quantitative estimate of drug-likeness (QED) is 0.396. The lowest BCUT2D eigenvalue weighted by atomic mass is 10.3. The first-order valence-corrected chi connectivity index (χ1v) is 6.27. The van der Waals surface area contributed by atoms with Crippen LogP contribution in [0.3, 0.4) is 0 Å². The Balaban J connectivity index is 2.01. The number of imidazole rings is 1. The molecule has 2 rings (SSSR count). The van der Waals surface area contributed by atoms with Gasteiger partial charge in [-0.1, -0.05) is 0 Å². The van der Waals surface area contributed by atoms with Crippen molar-refractivity contribution in [1.82, 2.24) is 24.8 Å². The zero-order valence-corrected chi connectivity index (χ0v) is 11.1. The molecule has 10 nitrogen and oxygen atoms in total. The van der Waals surface area contributed by atoms with E-state index in [0.29, 0.717) is 5.65 Å². The number of H-pyrrole nitrogens is 1. The molecule has 6 N–H and O–H groups in total. The van der Waals surface area contributed by atoms with Crippen LogP contribution in [0.1, 0.15) is 6.42 Å². The van der Waals surface area contributed by atoms with Gasteiger partial charge < -0.3 is 25.8 Å². The first-order chi connectivity index (χ1) is 10.0. The second kappa shape index (κ2) is 6.33. The van der Waals surface area contributed by atoms with Crippen LogP contribution in [0.25, 0.3) is 11.2 Å². The van der Waals surface area contributed by atoms with Crippen LogP contribution < -0.4 is 16.6 Å². The second-order valence-corrected chi connectivity index (χ2v) is 4.45. The van der Waals surface area contributed by atoms with E-state index >= 15 is 0 Å². The van der Waals surface area contributed by atoms with Crippen molar-refractivity contribution < 1.29 is 15.0 Å². The maximum absolute atomic E-state index is 11.6. The van der Waals surface area contributed by atoms with Gasteiger partial charge in [0.15, 0.2) is 11.2 Å². The van der Waals surface area contributed by atoms with Crippen LogP contribution in [0, 0.1) is 0 Å². The van der Waals surface area contributed by atoms with Crippen LogP contribution in [-0.2, 0) is 11.3 Å². The molecule has 0 saturated heterocycles. The molecule has 2 aromatic heterocycles. The van der Waals surface area contributed by atoms with E-state index in [1.54, 1.807) is 4.57 Å². The number of nitrogens with zero attached hydrogens (tertiary/aromatic N) is 3. The number of fused-ring (bicyclic) bond motifs is 1. The molecule has 1 unspecified atom stereocenters. The van der Waals surface area contributed by atoms with Gasteiger partial charge in [0.05, 0.1) is 19.0 Å². The van der Waals surface area contributed by atoms with Crippen molar-refractivity contribution in [1.29, 1.82) is 0 Å². The molecule has 1 amide bonds. The summed E-state index contributed by atoms with van der Waals surface area (Å²) in [6.07, 6.45) is 0.531. The highest BCUT2D eigenvalue weighted by atomic mass is 16.3. The summed E-state index contributed by atoms with van der Waals surface area (Å²) in [7, 11) is 0. The van der Waals surface area contributed by atoms with Gasteiger partial charge in [0, 0.05) is 19.5 Å². The van der Waals surface area contributed by atoms with Crippen LogP contribution in [0.15, 0.2) is 11.1 Å². The van der Waals surface area contributed by atoms with E-state index in [0.717, 1.165) is 0 Å². The predicted molar refractivity (Wildman–Crippen MR) is 73.3 cm³/mol. The summed E-state index contributed by atoms with van der Waals surface area (Å²) in [5.41, 5.74) is 5.49. The first kappa shape index (κ1) is 14.9. The topological polar surface area (TPSA) is 159 Å². The minimum Gasteiger partial charge on any atom is -0.394 e. The fourth-order valence-electron chi connectivity index (χ4n) is 1.74. The lowest BCUT2D eigenvalue weighted by molar-refractivity contribution is -0.121. The second-order valence-electron chi connectivity index (χ2n) is 4.45. The summed E-state index contributed by atoms with van der Waals surface area (Å²) in [4.78, 5) is 33.4. The Labute approximate surface area is 118 Å². The number of aliphatic hydroxyl groups excluding tert-OH is 2. The maximum Gasteiger partial charge on any atom is 0.280 e. The fraction of sp³-hybridized carbons (Fsp3) is 0.455. The van der Waals surface area contributed by atoms with Crippen molar-refractivity contribution in [2.75, 3.05) is 18.9 Å². The van der Waals surface area contributed by atoms with Gasteiger partial charge in [0.2, 0.25) is 11.9 Å². The molecule has 114 valence electrons. The highest BCUT2D eigenvalue weighted by molar-refractivity contribution is 5.76. The van der Waals surface area contributed by atoms with Crippen molar-refractivity contribution in [3.63, 3.8) is 0 Å². The zero-order chi connectivity index (χ0) is 15.4. The molecule has 2 heterocycles. The molecule has 0 aliphatic heterocycles. The molecule has 0 aliphatic carbocycles. The van der Waals surface area contributed by atoms with Crippen molar-refractivity contribution in [3.8, 4) is 0 Å². The molecule has 0 fully saturated rings. The average Bonchev–Trinajstić information content (AvgIpc) is 2.85. The summed E-state index contributed by atoms with van der Waals surface area (Å²) < 4.78 is 1.54. The number of rotatable bonds is 6. The van der Waals surface area contributed by atoms with Crippen molar-refractivity contribution in [2.24, 2.45) is 0 Å². The molecule has 0 radical (unpaired) electrons. The van der Waals surface area contributed by atoms with Crippen LogP contribution in [0.2, 0.25) is 0 Å². The molecule has 0 aromatic carbocycles. The number of nitrogens with two attached hydrogens (primary N) is 1. The van der Waals surface area contributed by atoms with E-state index in [-0.39, 0.29) is 36.9 Å². The minimum atomic E-state index is -0.983. The standard InChI is InChI=1S/C11H16N6O4/c12-11-15-9-8(10(21)16-11)14-5-17(9)2-1-7(20)13-3-6(19)4-18/h5-6,18-19H,1-4H2,(H,13,20)(H3,12,15,16,21). The van der Waals surface area contributed by atoms with E-state index in [1.807, 2.05) is 0 Å². The number of hydrogen-bond acceptors (Lipinski definition) is 7. The SMILES string of the molecule is Nc1nc2c(ncn2CCC(=O)NCC(O)CO)c(=O)[nH]1. The number of aryl methyl sites for hydroxylation is 1. The third kappa shape index (κ3) is 3.55. The number of carbonyl (C=O) groups excluding carboxylic acids is 1. The molecule has 1 atom stereocenters. The summed E-state index contributed by atoms with van der Waals surface area (Å²) >= 11 is 0. The minimum absolute atomic E-state index is 0.0229. The number of amides is 1. The Morgan fingerprint density at radius 3 is 3.05 bits per heavy atom. The van der Waals surface area contributed by atoms with E-state index in [9.17, 15) is 9.59 Å². The number of carbonyl (C=O) groups is 1. The molecule has 0 bridgehead atoms. The molecular weight excluding hydrogens is 280 g/mol. The largest absolute Gasteiger partial charge is 0.394 e. The van der Waals surface area contributed by atoms with E-state index < -0.39 is 18.3 Å². The Morgan fingerprint density at radius 1 is 1.57 bits per heavy atom. The fourth-order valence-corrected chi connectivity index (χ4v) is 1.74. The van der Waals surface area contributed by atoms with Crippen LogP contribution in [0.5, 0.6) is 0 Å². The molecule has 0 spiro atoms. The molecule has 0 saturated carbocycles. The summed E-state index contributed by atoms with van der Waals surface area (Å²) in [6, 6.07) is 0. The van der Waals surface area contributed by atoms with Crippen molar-refractivity contribution >= 4 is 23.0 Å². The van der Waals surface area contributed by atoms with Crippen LogP contribution >= 0.6 is 0 Å². The Morgan fingerprint density at radius 2 is 2.33 bits per heavy atom. The Hall–Kier alpha value is -2.46. The van der Waals surface area contributed by atoms with Gasteiger partial charge >= 0.3 is 0 Å². The number of hydrogen-bond donors (Lipinski definition) is 5. The van der Waals surface area contributed by atoms with Crippen LogP contribution in [-0.4, -0.2) is 54.9 Å². The molecule has 0 aliphatic rings. The molecule has 10 heteroatoms. The molecular formula is C11H16N6O4. The zero-order valence-electron chi connectivity index (χ0n) is 11.1. The van der Waals surface area contributed by atoms with E-state index in [1.165, 1.54) is 6.33 Å². The predicted octanol–water partition coefficient (Wildman–Crippen LogP) is -2.44. The van der Waals surface area contributed by atoms with Crippen molar-refractivity contribution in [2.45, 2.75) is 19.1 Å². The van der Waals surface area contributed by atoms with E-state index in [4.69, 9.17) is 15.9 Å². The average molecular weight is 296 g/mol. The lowest BCUT2D eigenvalue weighted by Crippen LogP contribution is -2.34. The van der Waals surface area contributed by atoms with E-state index in [2.05, 4.69) is 20.3 Å². The van der Waals surface area contributed by atoms with Gasteiger partial charge in [0.1, 0.15) is 0 Å². The number of nitrogen functional groups attached to an aromatic ring is 1. The number of aromatic amines is 1. The number of nitrogens with one attached hydrogen (secondary N) is 2.